The molecule has 0 aliphatic rings. The summed E-state index contributed by atoms with van der Waals surface area (Å²) < 4.78 is 29.3. The van der Waals surface area contributed by atoms with Crippen molar-refractivity contribution in [3.05, 3.63) is 18.2 Å². The number of aromatic nitrogens is 2. The predicted molar refractivity (Wildman–Crippen MR) is 66.5 cm³/mol. The second kappa shape index (κ2) is 5.16. The number of hydrogen-bond donors (Lipinski definition) is 1. The summed E-state index contributed by atoms with van der Waals surface area (Å²) in [5, 5.41) is 0. The molecule has 17 heavy (non-hydrogen) atoms. The molecule has 0 saturated heterocycles. The first-order chi connectivity index (χ1) is 7.75. The van der Waals surface area contributed by atoms with Crippen LogP contribution in [0.2, 0.25) is 0 Å². The van der Waals surface area contributed by atoms with Crippen molar-refractivity contribution in [1.82, 2.24) is 18.6 Å². The van der Waals surface area contributed by atoms with Crippen molar-refractivity contribution in [3.63, 3.8) is 0 Å². The first-order valence-electron chi connectivity index (χ1n) is 5.42. The van der Waals surface area contributed by atoms with Crippen LogP contribution in [0.5, 0.6) is 0 Å². The molecule has 0 saturated carbocycles. The highest BCUT2D eigenvalue weighted by molar-refractivity contribution is 7.87. The van der Waals surface area contributed by atoms with Gasteiger partial charge in [-0.15, -0.1) is 0 Å². The van der Waals surface area contributed by atoms with Crippen LogP contribution in [0.25, 0.3) is 0 Å². The van der Waals surface area contributed by atoms with Gasteiger partial charge in [0.1, 0.15) is 5.82 Å². The number of aryl methyl sites for hydroxylation is 1. The number of rotatable bonds is 5. The maximum atomic E-state index is 11.8. The topological polar surface area (TPSA) is 67.2 Å². The normalized spacial score (nSPS) is 14.5. The zero-order chi connectivity index (χ0) is 13.2. The summed E-state index contributed by atoms with van der Waals surface area (Å²) in [5.74, 6) is 0.830. The van der Waals surface area contributed by atoms with Gasteiger partial charge in [0.15, 0.2) is 0 Å². The van der Waals surface area contributed by atoms with E-state index in [4.69, 9.17) is 0 Å². The average molecular weight is 260 g/mol. The molecule has 0 aliphatic carbocycles. The fourth-order valence-corrected chi connectivity index (χ4v) is 2.34. The lowest BCUT2D eigenvalue weighted by Crippen LogP contribution is -2.40. The summed E-state index contributed by atoms with van der Waals surface area (Å²) in [6.45, 7) is 3.91. The Morgan fingerprint density at radius 2 is 2.00 bits per heavy atom. The molecule has 1 atom stereocenters. The Bertz CT molecular complexity index is 464. The maximum Gasteiger partial charge on any atom is 0.279 e. The van der Waals surface area contributed by atoms with Crippen LogP contribution in [0.3, 0.4) is 0 Å². The number of nitrogens with one attached hydrogen (secondary N) is 1. The van der Waals surface area contributed by atoms with Gasteiger partial charge in [0.05, 0.1) is 6.04 Å². The van der Waals surface area contributed by atoms with Gasteiger partial charge in [-0.2, -0.15) is 17.4 Å². The second-order valence-corrected chi connectivity index (χ2v) is 6.44. The Morgan fingerprint density at radius 3 is 2.35 bits per heavy atom. The molecule has 0 spiro atoms. The van der Waals surface area contributed by atoms with Gasteiger partial charge in [-0.3, -0.25) is 0 Å². The Balaban J connectivity index is 3.02. The van der Waals surface area contributed by atoms with Crippen LogP contribution in [0.4, 0.5) is 0 Å². The molecule has 1 aromatic rings. The number of hydrogen-bond acceptors (Lipinski definition) is 3. The summed E-state index contributed by atoms with van der Waals surface area (Å²) in [5.41, 5.74) is 0. The molecule has 0 unspecified atom stereocenters. The molecule has 1 aromatic heterocycles. The highest BCUT2D eigenvalue weighted by atomic mass is 32.2. The van der Waals surface area contributed by atoms with Gasteiger partial charge in [0.2, 0.25) is 0 Å². The van der Waals surface area contributed by atoms with E-state index < -0.39 is 10.2 Å². The van der Waals surface area contributed by atoms with Gasteiger partial charge in [0, 0.05) is 33.5 Å². The van der Waals surface area contributed by atoms with Crippen LogP contribution in [0.15, 0.2) is 12.4 Å². The molecular formula is C10H20N4O2S. The minimum Gasteiger partial charge on any atom is -0.337 e. The zero-order valence-corrected chi connectivity index (χ0v) is 11.7. The van der Waals surface area contributed by atoms with Gasteiger partial charge < -0.3 is 4.57 Å². The minimum atomic E-state index is -3.46. The van der Waals surface area contributed by atoms with Crippen molar-refractivity contribution >= 4 is 10.2 Å². The van der Waals surface area contributed by atoms with Crippen molar-refractivity contribution in [3.8, 4) is 0 Å². The Labute approximate surface area is 103 Å². The van der Waals surface area contributed by atoms with E-state index in [1.165, 1.54) is 14.1 Å². The van der Waals surface area contributed by atoms with E-state index in [1.807, 2.05) is 25.5 Å². The van der Waals surface area contributed by atoms with Crippen LogP contribution >= 0.6 is 0 Å². The molecule has 0 amide bonds. The van der Waals surface area contributed by atoms with Gasteiger partial charge in [-0.05, 0) is 5.92 Å². The van der Waals surface area contributed by atoms with Crippen molar-refractivity contribution in [1.29, 1.82) is 0 Å². The summed E-state index contributed by atoms with van der Waals surface area (Å²) >= 11 is 0. The highest BCUT2D eigenvalue weighted by Gasteiger charge is 2.26. The van der Waals surface area contributed by atoms with Crippen molar-refractivity contribution in [2.75, 3.05) is 14.1 Å². The molecular weight excluding hydrogens is 240 g/mol. The molecule has 0 fully saturated rings. The molecule has 98 valence electrons. The van der Waals surface area contributed by atoms with E-state index in [0.29, 0.717) is 5.82 Å². The molecule has 0 aliphatic heterocycles. The highest BCUT2D eigenvalue weighted by Crippen LogP contribution is 2.20. The van der Waals surface area contributed by atoms with E-state index >= 15 is 0 Å². The standard InChI is InChI=1S/C10H20N4O2S/c1-8(2)9(10-11-6-7-14(10)5)12-17(15,16)13(3)4/h6-9,12H,1-5H3/t9-/m1/s1. The first kappa shape index (κ1) is 14.1. The Morgan fingerprint density at radius 1 is 1.41 bits per heavy atom. The molecule has 7 heteroatoms. The van der Waals surface area contributed by atoms with E-state index in [2.05, 4.69) is 9.71 Å². The molecule has 1 N–H and O–H groups in total. The molecule has 1 rings (SSSR count). The fourth-order valence-electron chi connectivity index (χ4n) is 1.43. The van der Waals surface area contributed by atoms with E-state index in [1.54, 1.807) is 12.4 Å². The largest absolute Gasteiger partial charge is 0.337 e. The molecule has 0 bridgehead atoms. The number of imidazole rings is 1. The average Bonchev–Trinajstić information content (AvgIpc) is 2.60. The Kier molecular flexibility index (Phi) is 4.29. The first-order valence-corrected chi connectivity index (χ1v) is 6.86. The third kappa shape index (κ3) is 3.27. The SMILES string of the molecule is CC(C)[C@@H](NS(=O)(=O)N(C)C)c1nccn1C. The van der Waals surface area contributed by atoms with Crippen molar-refractivity contribution in [2.45, 2.75) is 19.9 Å². The molecule has 6 nitrogen and oxygen atoms in total. The quantitative estimate of drug-likeness (QED) is 0.839. The third-order valence-corrected chi connectivity index (χ3v) is 4.07. The number of nitrogens with zero attached hydrogens (tertiary/aromatic N) is 3. The molecule has 1 heterocycles. The van der Waals surface area contributed by atoms with Crippen molar-refractivity contribution in [2.24, 2.45) is 13.0 Å². The van der Waals surface area contributed by atoms with Crippen molar-refractivity contribution < 1.29 is 8.42 Å². The smallest absolute Gasteiger partial charge is 0.279 e. The zero-order valence-electron chi connectivity index (χ0n) is 10.9. The molecule has 0 radical (unpaired) electrons. The molecule has 0 aromatic carbocycles. The summed E-state index contributed by atoms with van der Waals surface area (Å²) in [6, 6.07) is -0.331. The van der Waals surface area contributed by atoms with E-state index in [0.717, 1.165) is 4.31 Å². The fraction of sp³-hybridized carbons (Fsp3) is 0.700. The monoisotopic (exact) mass is 260 g/mol. The second-order valence-electron chi connectivity index (χ2n) is 4.52. The van der Waals surface area contributed by atoms with Gasteiger partial charge >= 0.3 is 0 Å². The van der Waals surface area contributed by atoms with Crippen LogP contribution in [-0.4, -0.2) is 36.4 Å². The van der Waals surface area contributed by atoms with Gasteiger partial charge in [0.25, 0.3) is 10.2 Å². The van der Waals surface area contributed by atoms with Crippen LogP contribution in [-0.2, 0) is 17.3 Å². The Hall–Kier alpha value is -0.920. The van der Waals surface area contributed by atoms with Crippen LogP contribution in [0.1, 0.15) is 25.7 Å². The summed E-state index contributed by atoms with van der Waals surface area (Å²) in [4.78, 5) is 4.20. The summed E-state index contributed by atoms with van der Waals surface area (Å²) in [6.07, 6.45) is 3.46. The predicted octanol–water partition coefficient (Wildman–Crippen LogP) is 0.513. The van der Waals surface area contributed by atoms with Gasteiger partial charge in [-0.25, -0.2) is 4.98 Å². The lowest BCUT2D eigenvalue weighted by molar-refractivity contribution is 0.416. The lowest BCUT2D eigenvalue weighted by atomic mass is 10.1. The maximum absolute atomic E-state index is 11.8. The lowest BCUT2D eigenvalue weighted by Gasteiger charge is -2.23. The van der Waals surface area contributed by atoms with E-state index in [9.17, 15) is 8.42 Å². The van der Waals surface area contributed by atoms with Gasteiger partial charge in [-0.1, -0.05) is 13.8 Å². The summed E-state index contributed by atoms with van der Waals surface area (Å²) in [7, 11) is 1.39. The minimum absolute atomic E-state index is 0.117. The third-order valence-electron chi connectivity index (χ3n) is 2.56. The van der Waals surface area contributed by atoms with Crippen LogP contribution in [0, 0.1) is 5.92 Å². The van der Waals surface area contributed by atoms with Crippen LogP contribution < -0.4 is 4.72 Å². The van der Waals surface area contributed by atoms with E-state index in [-0.39, 0.29) is 12.0 Å².